The molecule has 3 fully saturated rings. The van der Waals surface area contributed by atoms with E-state index in [9.17, 15) is 19.5 Å². The molecule has 0 aliphatic carbocycles. The van der Waals surface area contributed by atoms with Crippen LogP contribution in [0.15, 0.2) is 24.3 Å². The van der Waals surface area contributed by atoms with E-state index in [4.69, 9.17) is 4.74 Å². The van der Waals surface area contributed by atoms with E-state index >= 15 is 0 Å². The van der Waals surface area contributed by atoms with Crippen LogP contribution in [0.4, 0.5) is 5.69 Å². The number of aliphatic hydroxyl groups is 1. The van der Waals surface area contributed by atoms with Crippen molar-refractivity contribution >= 4 is 35.2 Å². The lowest BCUT2D eigenvalue weighted by Crippen LogP contribution is -2.59. The predicted octanol–water partition coefficient (Wildman–Crippen LogP) is 2.66. The Bertz CT molecular complexity index is 978. The molecule has 4 rings (SSSR count). The summed E-state index contributed by atoms with van der Waals surface area (Å²) in [4.78, 5) is 42.6. The van der Waals surface area contributed by atoms with Crippen molar-refractivity contribution in [3.05, 3.63) is 24.3 Å². The van der Waals surface area contributed by atoms with E-state index in [-0.39, 0.29) is 35.5 Å². The van der Waals surface area contributed by atoms with Crippen molar-refractivity contribution in [2.24, 2.45) is 17.8 Å². The summed E-state index contributed by atoms with van der Waals surface area (Å²) in [5.74, 6) is -0.766. The van der Waals surface area contributed by atoms with Crippen molar-refractivity contribution in [3.8, 4) is 5.75 Å². The number of nitrogens with one attached hydrogen (secondary N) is 2. The Morgan fingerprint density at radius 1 is 1.23 bits per heavy atom. The van der Waals surface area contributed by atoms with E-state index in [1.54, 1.807) is 28.8 Å². The normalized spacial score (nSPS) is 31.4. The van der Waals surface area contributed by atoms with Crippen LogP contribution in [0.25, 0.3) is 0 Å². The zero-order valence-corrected chi connectivity index (χ0v) is 22.0. The maximum Gasteiger partial charge on any atom is 0.244 e. The van der Waals surface area contributed by atoms with Crippen LogP contribution >= 0.6 is 11.8 Å². The lowest BCUT2D eigenvalue weighted by atomic mass is 9.65. The van der Waals surface area contributed by atoms with Crippen LogP contribution in [-0.4, -0.2) is 69.1 Å². The lowest BCUT2D eigenvalue weighted by molar-refractivity contribution is -0.139. The zero-order chi connectivity index (χ0) is 25.5. The van der Waals surface area contributed by atoms with E-state index in [0.717, 1.165) is 12.2 Å². The van der Waals surface area contributed by atoms with Gasteiger partial charge < -0.3 is 25.4 Å². The highest BCUT2D eigenvalue weighted by Crippen LogP contribution is 2.68. The molecule has 192 valence electrons. The Morgan fingerprint density at radius 3 is 2.51 bits per heavy atom. The van der Waals surface area contributed by atoms with Crippen LogP contribution < -0.4 is 15.4 Å². The second-order valence-corrected chi connectivity index (χ2v) is 12.4. The second-order valence-electron chi connectivity index (χ2n) is 10.8. The number of hydrogen-bond acceptors (Lipinski definition) is 6. The molecule has 3 aliphatic rings. The van der Waals surface area contributed by atoms with Gasteiger partial charge in [0, 0.05) is 29.6 Å². The maximum absolute atomic E-state index is 13.8. The Balaban J connectivity index is 1.64. The Morgan fingerprint density at radius 2 is 1.91 bits per heavy atom. The summed E-state index contributed by atoms with van der Waals surface area (Å²) in [5.41, 5.74) is 0.199. The fourth-order valence-corrected chi connectivity index (χ4v) is 8.49. The van der Waals surface area contributed by atoms with Crippen LogP contribution in [0.1, 0.15) is 47.5 Å². The molecule has 3 amide bonds. The van der Waals surface area contributed by atoms with Crippen LogP contribution in [0, 0.1) is 17.8 Å². The largest absolute Gasteiger partial charge is 0.494 e. The molecule has 9 heteroatoms. The van der Waals surface area contributed by atoms with Gasteiger partial charge in [0.25, 0.3) is 0 Å². The summed E-state index contributed by atoms with van der Waals surface area (Å²) >= 11 is 1.65. The topological polar surface area (TPSA) is 108 Å². The van der Waals surface area contributed by atoms with Crippen LogP contribution in [0.3, 0.4) is 0 Å². The first-order chi connectivity index (χ1) is 16.5. The first-order valence-corrected chi connectivity index (χ1v) is 13.4. The number of thioether (sulfide) groups is 1. The molecule has 1 spiro atoms. The van der Waals surface area contributed by atoms with Gasteiger partial charge in [-0.25, -0.2) is 0 Å². The number of carbonyl (C=O) groups excluding carboxylic acids is 3. The molecule has 1 aromatic carbocycles. The van der Waals surface area contributed by atoms with Gasteiger partial charge in [0.1, 0.15) is 11.8 Å². The quantitative estimate of drug-likeness (QED) is 0.503. The monoisotopic (exact) mass is 503 g/mol. The number of rotatable bonds is 8. The highest BCUT2D eigenvalue weighted by molar-refractivity contribution is 8.02. The number of fused-ring (bicyclic) bond motifs is 1. The third-order valence-electron chi connectivity index (χ3n) is 7.28. The molecular weight excluding hydrogens is 466 g/mol. The molecule has 35 heavy (non-hydrogen) atoms. The highest BCUT2D eigenvalue weighted by atomic mass is 32.2. The summed E-state index contributed by atoms with van der Waals surface area (Å²) in [6.45, 7) is 10.6. The van der Waals surface area contributed by atoms with Gasteiger partial charge in [-0.15, -0.1) is 11.8 Å². The van der Waals surface area contributed by atoms with E-state index in [1.165, 1.54) is 0 Å². The number of likely N-dealkylation sites (tertiary alicyclic amines) is 1. The number of amides is 3. The molecule has 3 heterocycles. The molecule has 6 atom stereocenters. The molecule has 0 aromatic heterocycles. The van der Waals surface area contributed by atoms with Crippen molar-refractivity contribution in [2.45, 2.75) is 69.0 Å². The molecule has 0 radical (unpaired) electrons. The first-order valence-electron chi connectivity index (χ1n) is 12.5. The smallest absolute Gasteiger partial charge is 0.244 e. The Kier molecular flexibility index (Phi) is 7.12. The summed E-state index contributed by atoms with van der Waals surface area (Å²) in [6, 6.07) is 6.54. The van der Waals surface area contributed by atoms with Gasteiger partial charge in [-0.2, -0.15) is 0 Å². The van der Waals surface area contributed by atoms with Gasteiger partial charge in [0.2, 0.25) is 17.7 Å². The molecular formula is C26H37N3O5S. The molecule has 3 unspecified atom stereocenters. The van der Waals surface area contributed by atoms with Crippen molar-refractivity contribution in [2.75, 3.05) is 25.1 Å². The number of nitrogens with zero attached hydrogens (tertiary/aromatic N) is 1. The standard InChI is InChI=1S/C26H37N3O5S/c1-6-34-17-10-8-16(9-11-17)27-22(31)19-18-14-15(2)26(35-18)20(19)24(33)29(12-7-13-30)21(26)23(32)28-25(3,4)5/h8-11,15,18-21,30H,6-7,12-14H2,1-5H3,(H,27,31)(H,28,32)/t15?,18-,19+,20+,21?,26?/m1/s1. The van der Waals surface area contributed by atoms with Gasteiger partial charge in [0.05, 0.1) is 23.2 Å². The van der Waals surface area contributed by atoms with Crippen LogP contribution in [0.2, 0.25) is 0 Å². The van der Waals surface area contributed by atoms with Crippen LogP contribution in [-0.2, 0) is 14.4 Å². The molecule has 0 saturated carbocycles. The number of hydrogen-bond donors (Lipinski definition) is 3. The van der Waals surface area contributed by atoms with Crippen molar-refractivity contribution in [1.29, 1.82) is 0 Å². The van der Waals surface area contributed by atoms with Gasteiger partial charge in [-0.05, 0) is 70.7 Å². The van der Waals surface area contributed by atoms with Gasteiger partial charge in [-0.3, -0.25) is 14.4 Å². The average molecular weight is 504 g/mol. The minimum atomic E-state index is -0.668. The number of ether oxygens (including phenoxy) is 1. The van der Waals surface area contributed by atoms with Gasteiger partial charge >= 0.3 is 0 Å². The summed E-state index contributed by atoms with van der Waals surface area (Å²) in [5, 5.41) is 15.5. The maximum atomic E-state index is 13.8. The third kappa shape index (κ3) is 4.53. The van der Waals surface area contributed by atoms with Gasteiger partial charge in [0.15, 0.2) is 0 Å². The predicted molar refractivity (Wildman–Crippen MR) is 136 cm³/mol. The van der Waals surface area contributed by atoms with E-state index in [1.807, 2.05) is 39.8 Å². The molecule has 3 aliphatic heterocycles. The van der Waals surface area contributed by atoms with Crippen LogP contribution in [0.5, 0.6) is 5.75 Å². The lowest BCUT2D eigenvalue weighted by Gasteiger charge is -2.39. The number of benzene rings is 1. The minimum Gasteiger partial charge on any atom is -0.494 e. The summed E-state index contributed by atoms with van der Waals surface area (Å²) in [6.07, 6.45) is 1.17. The fraction of sp³-hybridized carbons (Fsp3) is 0.654. The van der Waals surface area contributed by atoms with E-state index < -0.39 is 28.2 Å². The second kappa shape index (κ2) is 9.65. The van der Waals surface area contributed by atoms with Gasteiger partial charge in [-0.1, -0.05) is 6.92 Å². The fourth-order valence-electron chi connectivity index (χ4n) is 6.07. The number of aliphatic hydroxyl groups excluding tert-OH is 1. The Hall–Kier alpha value is -2.26. The number of anilines is 1. The Labute approximate surface area is 211 Å². The third-order valence-corrected chi connectivity index (χ3v) is 9.36. The molecule has 3 saturated heterocycles. The van der Waals surface area contributed by atoms with Crippen molar-refractivity contribution < 1.29 is 24.2 Å². The molecule has 3 N–H and O–H groups in total. The summed E-state index contributed by atoms with van der Waals surface area (Å²) in [7, 11) is 0. The van der Waals surface area contributed by atoms with E-state index in [0.29, 0.717) is 25.3 Å². The SMILES string of the molecule is CCOc1ccc(NC(=O)[C@@H]2[C@H]3C(=O)N(CCCO)C(C(=O)NC(C)(C)C)C34S[C@@H]2CC4C)cc1. The van der Waals surface area contributed by atoms with Crippen molar-refractivity contribution in [3.63, 3.8) is 0 Å². The summed E-state index contributed by atoms with van der Waals surface area (Å²) < 4.78 is 4.82. The molecule has 8 nitrogen and oxygen atoms in total. The average Bonchev–Trinajstić information content (AvgIpc) is 3.36. The zero-order valence-electron chi connectivity index (χ0n) is 21.2. The minimum absolute atomic E-state index is 0.0217. The molecule has 1 aromatic rings. The first kappa shape index (κ1) is 25.8. The van der Waals surface area contributed by atoms with Crippen molar-refractivity contribution in [1.82, 2.24) is 10.2 Å². The molecule has 2 bridgehead atoms. The van der Waals surface area contributed by atoms with E-state index in [2.05, 4.69) is 17.6 Å². The highest BCUT2D eigenvalue weighted by Gasteiger charge is 2.75. The number of carbonyl (C=O) groups is 3.